The summed E-state index contributed by atoms with van der Waals surface area (Å²) in [5.41, 5.74) is -0.162. The van der Waals surface area contributed by atoms with Crippen LogP contribution >= 0.6 is 18.9 Å². The van der Waals surface area contributed by atoms with Crippen molar-refractivity contribution in [3.8, 4) is 0 Å². The fourth-order valence-electron chi connectivity index (χ4n) is 1.51. The molecule has 0 saturated carbocycles. The lowest BCUT2D eigenvalue weighted by Gasteiger charge is -2.09. The first-order valence-electron chi connectivity index (χ1n) is 4.75. The predicted molar refractivity (Wildman–Crippen MR) is 64.7 cm³/mol. The van der Waals surface area contributed by atoms with E-state index in [0.29, 0.717) is 10.1 Å². The summed E-state index contributed by atoms with van der Waals surface area (Å²) >= 11 is 1.02. The van der Waals surface area contributed by atoms with Crippen molar-refractivity contribution in [1.29, 1.82) is 0 Å². The Hall–Kier alpha value is -1.27. The van der Waals surface area contributed by atoms with Crippen LogP contribution in [0.4, 0.5) is 4.39 Å². The highest BCUT2D eigenvalue weighted by molar-refractivity contribution is 7.51. The number of aromatic carboxylic acids is 1. The number of benzene rings is 1. The average molecular weight is 290 g/mol. The normalized spacial score (nSPS) is 13.7. The van der Waals surface area contributed by atoms with Crippen molar-refractivity contribution in [3.05, 3.63) is 34.7 Å². The molecule has 5 nitrogen and oxygen atoms in total. The zero-order chi connectivity index (χ0) is 13.5. The van der Waals surface area contributed by atoms with Crippen LogP contribution < -0.4 is 0 Å². The first-order chi connectivity index (χ1) is 8.29. The molecule has 2 aromatic rings. The molecule has 0 fully saturated rings. The second-order valence-corrected chi connectivity index (χ2v) is 6.35. The predicted octanol–water partition coefficient (Wildman–Crippen LogP) is 2.75. The van der Waals surface area contributed by atoms with E-state index < -0.39 is 19.5 Å². The molecular weight excluding hydrogens is 282 g/mol. The van der Waals surface area contributed by atoms with Gasteiger partial charge in [0.15, 0.2) is 0 Å². The van der Waals surface area contributed by atoms with Gasteiger partial charge in [0.25, 0.3) is 0 Å². The Labute approximate surface area is 105 Å². The van der Waals surface area contributed by atoms with E-state index in [1.54, 1.807) is 0 Å². The summed E-state index contributed by atoms with van der Waals surface area (Å²) in [6.07, 6.45) is 0. The second-order valence-electron chi connectivity index (χ2n) is 3.64. The number of fused-ring (bicyclic) bond motifs is 1. The van der Waals surface area contributed by atoms with Crippen LogP contribution in [0.2, 0.25) is 0 Å². The molecule has 0 saturated heterocycles. The van der Waals surface area contributed by atoms with Crippen molar-refractivity contribution in [3.63, 3.8) is 0 Å². The zero-order valence-electron chi connectivity index (χ0n) is 8.78. The van der Waals surface area contributed by atoms with Gasteiger partial charge in [-0.05, 0) is 29.1 Å². The van der Waals surface area contributed by atoms with Gasteiger partial charge in [-0.1, -0.05) is 6.07 Å². The van der Waals surface area contributed by atoms with Gasteiger partial charge in [0, 0.05) is 4.70 Å². The highest BCUT2D eigenvalue weighted by Gasteiger charge is 2.30. The van der Waals surface area contributed by atoms with Crippen LogP contribution in [-0.4, -0.2) is 20.9 Å². The molecular formula is C10H8FO5PS. The first-order valence-corrected chi connectivity index (χ1v) is 7.25. The topological polar surface area (TPSA) is 94.8 Å². The standard InChI is InChI=1S/C10H8FO5PS/c11-9(17(14,15)16)5-1-2-7-6(3-5)4-8(18-7)10(12)13/h1-4,9H,(H,12,13)(H2,14,15,16)/t9-/m1/s1. The number of rotatable bonds is 3. The molecule has 0 radical (unpaired) electrons. The summed E-state index contributed by atoms with van der Waals surface area (Å²) in [5.74, 6) is -3.49. The smallest absolute Gasteiger partial charge is 0.363 e. The van der Waals surface area contributed by atoms with E-state index in [4.69, 9.17) is 14.9 Å². The highest BCUT2D eigenvalue weighted by Crippen LogP contribution is 2.53. The van der Waals surface area contributed by atoms with Crippen LogP contribution in [0.5, 0.6) is 0 Å². The SMILES string of the molecule is O=C(O)c1cc2cc([C@H](F)P(=O)(O)O)ccc2s1. The number of carboxylic acid groups (broad SMARTS) is 1. The summed E-state index contributed by atoms with van der Waals surface area (Å²) in [7, 11) is -4.85. The molecule has 0 aliphatic carbocycles. The molecule has 2 rings (SSSR count). The van der Waals surface area contributed by atoms with E-state index in [1.165, 1.54) is 24.3 Å². The zero-order valence-corrected chi connectivity index (χ0v) is 10.5. The summed E-state index contributed by atoms with van der Waals surface area (Å²) < 4.78 is 24.9. The molecule has 0 aliphatic rings. The lowest BCUT2D eigenvalue weighted by atomic mass is 10.2. The number of hydrogen-bond donors (Lipinski definition) is 3. The number of halogens is 1. The average Bonchev–Trinajstić information content (AvgIpc) is 2.69. The Morgan fingerprint density at radius 3 is 2.56 bits per heavy atom. The number of hydrogen-bond acceptors (Lipinski definition) is 3. The summed E-state index contributed by atoms with van der Waals surface area (Å²) in [6.45, 7) is 0. The Kier molecular flexibility index (Phi) is 3.25. The number of carboxylic acids is 1. The molecule has 0 bridgehead atoms. The molecule has 96 valence electrons. The third-order valence-electron chi connectivity index (χ3n) is 2.32. The van der Waals surface area contributed by atoms with Crippen LogP contribution in [0.25, 0.3) is 10.1 Å². The molecule has 0 unspecified atom stereocenters. The number of alkyl halides is 1. The number of carbonyl (C=O) groups is 1. The second kappa shape index (κ2) is 4.44. The Morgan fingerprint density at radius 2 is 2.00 bits per heavy atom. The van der Waals surface area contributed by atoms with Gasteiger partial charge < -0.3 is 14.9 Å². The third-order valence-corrected chi connectivity index (χ3v) is 4.31. The molecule has 1 heterocycles. The summed E-state index contributed by atoms with van der Waals surface area (Å²) in [5, 5.41) is 9.26. The molecule has 1 atom stereocenters. The van der Waals surface area contributed by atoms with Gasteiger partial charge in [-0.25, -0.2) is 9.18 Å². The monoisotopic (exact) mass is 290 g/mol. The summed E-state index contributed by atoms with van der Waals surface area (Å²) in [4.78, 5) is 28.4. The van der Waals surface area contributed by atoms with Crippen LogP contribution in [-0.2, 0) is 4.57 Å². The lowest BCUT2D eigenvalue weighted by Crippen LogP contribution is -1.92. The maximum atomic E-state index is 13.5. The lowest BCUT2D eigenvalue weighted by molar-refractivity contribution is 0.0702. The first kappa shape index (κ1) is 13.2. The molecule has 8 heteroatoms. The van der Waals surface area contributed by atoms with E-state index >= 15 is 0 Å². The Balaban J connectivity index is 2.50. The fraction of sp³-hybridized carbons (Fsp3) is 0.100. The van der Waals surface area contributed by atoms with Crippen LogP contribution in [0.1, 0.15) is 21.1 Å². The van der Waals surface area contributed by atoms with Gasteiger partial charge in [-0.2, -0.15) is 0 Å². The molecule has 0 aliphatic heterocycles. The van der Waals surface area contributed by atoms with E-state index in [0.717, 1.165) is 11.3 Å². The number of thiophene rings is 1. The van der Waals surface area contributed by atoms with E-state index in [2.05, 4.69) is 0 Å². The van der Waals surface area contributed by atoms with Gasteiger partial charge >= 0.3 is 13.6 Å². The molecule has 0 amide bonds. The van der Waals surface area contributed by atoms with E-state index in [-0.39, 0.29) is 10.4 Å². The Morgan fingerprint density at radius 1 is 1.33 bits per heavy atom. The maximum absolute atomic E-state index is 13.5. The molecule has 18 heavy (non-hydrogen) atoms. The van der Waals surface area contributed by atoms with E-state index in [1.807, 2.05) is 0 Å². The molecule has 3 N–H and O–H groups in total. The Bertz CT molecular complexity index is 661. The molecule has 1 aromatic heterocycles. The molecule has 0 spiro atoms. The van der Waals surface area contributed by atoms with Crippen molar-refractivity contribution in [2.75, 3.05) is 0 Å². The minimum atomic E-state index is -4.85. The van der Waals surface area contributed by atoms with Gasteiger partial charge in [0.1, 0.15) is 4.88 Å². The minimum absolute atomic E-state index is 0.0914. The largest absolute Gasteiger partial charge is 0.477 e. The molecule has 1 aromatic carbocycles. The minimum Gasteiger partial charge on any atom is -0.477 e. The van der Waals surface area contributed by atoms with Gasteiger partial charge in [-0.15, -0.1) is 11.3 Å². The third kappa shape index (κ3) is 2.44. The van der Waals surface area contributed by atoms with Crippen LogP contribution in [0.15, 0.2) is 24.3 Å². The van der Waals surface area contributed by atoms with Crippen molar-refractivity contribution < 1.29 is 28.6 Å². The summed E-state index contributed by atoms with van der Waals surface area (Å²) in [6, 6.07) is 5.29. The van der Waals surface area contributed by atoms with Crippen LogP contribution in [0.3, 0.4) is 0 Å². The van der Waals surface area contributed by atoms with Gasteiger partial charge in [0.2, 0.25) is 5.91 Å². The fourth-order valence-corrected chi connectivity index (χ4v) is 2.94. The van der Waals surface area contributed by atoms with Gasteiger partial charge in [0.05, 0.1) is 0 Å². The maximum Gasteiger partial charge on any atom is 0.363 e. The van der Waals surface area contributed by atoms with E-state index in [9.17, 15) is 13.8 Å². The van der Waals surface area contributed by atoms with Gasteiger partial charge in [-0.3, -0.25) is 4.57 Å². The van der Waals surface area contributed by atoms with Crippen molar-refractivity contribution >= 4 is 35.0 Å². The van der Waals surface area contributed by atoms with Crippen molar-refractivity contribution in [1.82, 2.24) is 0 Å². The highest BCUT2D eigenvalue weighted by atomic mass is 32.1. The van der Waals surface area contributed by atoms with Crippen molar-refractivity contribution in [2.45, 2.75) is 5.91 Å². The quantitative estimate of drug-likeness (QED) is 0.755. The van der Waals surface area contributed by atoms with Crippen molar-refractivity contribution in [2.24, 2.45) is 0 Å². The van der Waals surface area contributed by atoms with Crippen LogP contribution in [0, 0.1) is 0 Å².